The fraction of sp³-hybridized carbons (Fsp3) is 0.350. The molecule has 2 heterocycles. The molecule has 1 unspecified atom stereocenters. The predicted octanol–water partition coefficient (Wildman–Crippen LogP) is 3.81. The molecular formula is C20H25Cl2N3. The van der Waals surface area contributed by atoms with Crippen molar-refractivity contribution in [2.45, 2.75) is 13.0 Å². The van der Waals surface area contributed by atoms with Crippen LogP contribution in [0.1, 0.15) is 16.7 Å². The molecule has 1 saturated heterocycles. The van der Waals surface area contributed by atoms with Crippen molar-refractivity contribution in [3.63, 3.8) is 0 Å². The Morgan fingerprint density at radius 3 is 2.52 bits per heavy atom. The molecule has 4 rings (SSSR count). The number of benzene rings is 2. The van der Waals surface area contributed by atoms with Crippen molar-refractivity contribution in [1.29, 1.82) is 0 Å². The van der Waals surface area contributed by atoms with Crippen molar-refractivity contribution < 1.29 is 0 Å². The monoisotopic (exact) mass is 377 g/mol. The second kappa shape index (κ2) is 8.22. The molecule has 2 aromatic rings. The molecule has 2 aliphatic heterocycles. The molecule has 0 N–H and O–H groups in total. The molecule has 2 aliphatic rings. The zero-order chi connectivity index (χ0) is 15.8. The van der Waals surface area contributed by atoms with Gasteiger partial charge in [0.1, 0.15) is 0 Å². The van der Waals surface area contributed by atoms with Crippen LogP contribution in [0.2, 0.25) is 0 Å². The molecule has 3 nitrogen and oxygen atoms in total. The molecule has 0 spiro atoms. The van der Waals surface area contributed by atoms with Crippen LogP contribution in [0.3, 0.4) is 0 Å². The summed E-state index contributed by atoms with van der Waals surface area (Å²) in [5.74, 6) is 0. The van der Waals surface area contributed by atoms with Gasteiger partial charge in [0, 0.05) is 36.4 Å². The predicted molar refractivity (Wildman–Crippen MR) is 111 cm³/mol. The number of rotatable bonds is 1. The van der Waals surface area contributed by atoms with E-state index in [-0.39, 0.29) is 24.8 Å². The first-order chi connectivity index (χ1) is 11.2. The Hall–Kier alpha value is -1.55. The maximum absolute atomic E-state index is 5.04. The van der Waals surface area contributed by atoms with Crippen LogP contribution in [0.15, 0.2) is 53.5 Å². The summed E-state index contributed by atoms with van der Waals surface area (Å²) in [6.45, 7) is 6.30. The summed E-state index contributed by atoms with van der Waals surface area (Å²) in [6, 6.07) is 17.9. The van der Waals surface area contributed by atoms with Gasteiger partial charge in [-0.3, -0.25) is 4.99 Å². The highest BCUT2D eigenvalue weighted by Crippen LogP contribution is 2.31. The zero-order valence-corrected chi connectivity index (χ0v) is 16.3. The summed E-state index contributed by atoms with van der Waals surface area (Å²) in [5, 5.41) is 0. The molecule has 0 radical (unpaired) electrons. The van der Waals surface area contributed by atoms with Crippen molar-refractivity contribution in [3.05, 3.63) is 65.2 Å². The van der Waals surface area contributed by atoms with Crippen molar-refractivity contribution in [2.75, 3.05) is 38.1 Å². The number of aryl methyl sites for hydroxylation is 1. The second-order valence-corrected chi connectivity index (χ2v) is 6.69. The molecule has 2 aromatic carbocycles. The average molecular weight is 378 g/mol. The quantitative estimate of drug-likeness (QED) is 0.752. The topological polar surface area (TPSA) is 18.8 Å². The maximum Gasteiger partial charge on any atom is 0.0740 e. The number of hydrogen-bond donors (Lipinski definition) is 0. The number of anilines is 1. The Kier molecular flexibility index (Phi) is 6.50. The third kappa shape index (κ3) is 3.84. The van der Waals surface area contributed by atoms with Gasteiger partial charge >= 0.3 is 0 Å². The Morgan fingerprint density at radius 1 is 1.00 bits per heavy atom. The van der Waals surface area contributed by atoms with Gasteiger partial charge in [0.2, 0.25) is 0 Å². The van der Waals surface area contributed by atoms with E-state index >= 15 is 0 Å². The van der Waals surface area contributed by atoms with Crippen LogP contribution in [-0.4, -0.2) is 49.9 Å². The van der Waals surface area contributed by atoms with Crippen molar-refractivity contribution in [2.24, 2.45) is 4.99 Å². The number of piperazine rings is 1. The maximum atomic E-state index is 5.04. The highest BCUT2D eigenvalue weighted by molar-refractivity contribution is 6.16. The van der Waals surface area contributed by atoms with E-state index < -0.39 is 0 Å². The van der Waals surface area contributed by atoms with Crippen LogP contribution in [0, 0.1) is 6.92 Å². The van der Waals surface area contributed by atoms with E-state index in [4.69, 9.17) is 4.99 Å². The molecule has 25 heavy (non-hydrogen) atoms. The summed E-state index contributed by atoms with van der Waals surface area (Å²) < 4.78 is 0. The number of halogens is 2. The van der Waals surface area contributed by atoms with E-state index in [1.165, 1.54) is 22.4 Å². The standard InChI is InChI=1S/C20H23N3.2ClH/c1-15-8-9-19-18(12-15)20(16-6-4-3-5-7-16)21-13-17-14-22(2)10-11-23(17)19;;/h3-9,12,17H,10-11,13-14H2,1-2H3;2*1H. The Balaban J connectivity index is 0.00000113. The van der Waals surface area contributed by atoms with E-state index in [2.05, 4.69) is 72.3 Å². The minimum absolute atomic E-state index is 0. The second-order valence-electron chi connectivity index (χ2n) is 6.69. The molecule has 1 fully saturated rings. The highest BCUT2D eigenvalue weighted by atomic mass is 35.5. The van der Waals surface area contributed by atoms with Gasteiger partial charge in [0.25, 0.3) is 0 Å². The first-order valence-electron chi connectivity index (χ1n) is 8.38. The normalized spacial score (nSPS) is 19.5. The third-order valence-electron chi connectivity index (χ3n) is 4.91. The lowest BCUT2D eigenvalue weighted by molar-refractivity contribution is 0.270. The number of nitrogens with zero attached hydrogens (tertiary/aromatic N) is 3. The molecule has 1 atom stereocenters. The lowest BCUT2D eigenvalue weighted by Gasteiger charge is -2.40. The summed E-state index contributed by atoms with van der Waals surface area (Å²) >= 11 is 0. The van der Waals surface area contributed by atoms with Gasteiger partial charge in [-0.25, -0.2) is 0 Å². The van der Waals surface area contributed by atoms with Crippen molar-refractivity contribution in [1.82, 2.24) is 4.90 Å². The largest absolute Gasteiger partial charge is 0.364 e. The van der Waals surface area contributed by atoms with Gasteiger partial charge in [-0.15, -0.1) is 24.8 Å². The van der Waals surface area contributed by atoms with Gasteiger partial charge in [-0.05, 0) is 26.1 Å². The first kappa shape index (κ1) is 19.8. The third-order valence-corrected chi connectivity index (χ3v) is 4.91. The van der Waals surface area contributed by atoms with Crippen LogP contribution >= 0.6 is 24.8 Å². The van der Waals surface area contributed by atoms with Crippen LogP contribution in [-0.2, 0) is 0 Å². The van der Waals surface area contributed by atoms with Crippen LogP contribution in [0.5, 0.6) is 0 Å². The molecule has 0 aliphatic carbocycles. The van der Waals surface area contributed by atoms with E-state index in [1.807, 2.05) is 0 Å². The Labute approximate surface area is 162 Å². The van der Waals surface area contributed by atoms with E-state index in [1.54, 1.807) is 0 Å². The van der Waals surface area contributed by atoms with Gasteiger partial charge in [0.05, 0.1) is 18.3 Å². The number of fused-ring (bicyclic) bond motifs is 3. The summed E-state index contributed by atoms with van der Waals surface area (Å²) in [7, 11) is 2.21. The summed E-state index contributed by atoms with van der Waals surface area (Å²) in [6.07, 6.45) is 0. The molecule has 134 valence electrons. The van der Waals surface area contributed by atoms with E-state index in [0.717, 1.165) is 31.9 Å². The molecule has 0 aromatic heterocycles. The molecule has 5 heteroatoms. The van der Waals surface area contributed by atoms with E-state index in [0.29, 0.717) is 6.04 Å². The van der Waals surface area contributed by atoms with Gasteiger partial charge in [-0.1, -0.05) is 42.0 Å². The fourth-order valence-corrected chi connectivity index (χ4v) is 3.70. The van der Waals surface area contributed by atoms with Crippen LogP contribution in [0.25, 0.3) is 0 Å². The molecule has 0 amide bonds. The smallest absolute Gasteiger partial charge is 0.0740 e. The van der Waals surface area contributed by atoms with Crippen molar-refractivity contribution in [3.8, 4) is 0 Å². The molecular weight excluding hydrogens is 353 g/mol. The average Bonchev–Trinajstić information content (AvgIpc) is 2.72. The van der Waals surface area contributed by atoms with Gasteiger partial charge < -0.3 is 9.80 Å². The van der Waals surface area contributed by atoms with Gasteiger partial charge in [-0.2, -0.15) is 0 Å². The van der Waals surface area contributed by atoms with E-state index in [9.17, 15) is 0 Å². The molecule has 0 saturated carbocycles. The SMILES string of the molecule is Cc1ccc2c(c1)C(c1ccccc1)=NCC1CN(C)CCN21.Cl.Cl. The molecule has 0 bridgehead atoms. The highest BCUT2D eigenvalue weighted by Gasteiger charge is 2.30. The minimum atomic E-state index is 0. The van der Waals surface area contributed by atoms with Gasteiger partial charge in [0.15, 0.2) is 0 Å². The Morgan fingerprint density at radius 2 is 1.76 bits per heavy atom. The number of hydrogen-bond acceptors (Lipinski definition) is 3. The Bertz CT molecular complexity index is 746. The number of aliphatic imine (C=N–C) groups is 1. The van der Waals surface area contributed by atoms with Crippen LogP contribution in [0.4, 0.5) is 5.69 Å². The summed E-state index contributed by atoms with van der Waals surface area (Å²) in [5.41, 5.74) is 6.27. The number of likely N-dealkylation sites (N-methyl/N-ethyl adjacent to an activating group) is 1. The minimum Gasteiger partial charge on any atom is -0.364 e. The van der Waals surface area contributed by atoms with Crippen molar-refractivity contribution >= 4 is 36.2 Å². The fourth-order valence-electron chi connectivity index (χ4n) is 3.70. The zero-order valence-electron chi connectivity index (χ0n) is 14.7. The first-order valence-corrected chi connectivity index (χ1v) is 8.38. The summed E-state index contributed by atoms with van der Waals surface area (Å²) in [4.78, 5) is 10.0. The van der Waals surface area contributed by atoms with Crippen LogP contribution < -0.4 is 4.90 Å². The lowest BCUT2D eigenvalue weighted by atomic mass is 9.98. The lowest BCUT2D eigenvalue weighted by Crippen LogP contribution is -2.53.